The first-order valence-electron chi connectivity index (χ1n) is 12.6. The van der Waals surface area contributed by atoms with Crippen molar-refractivity contribution in [2.75, 3.05) is 33.5 Å². The predicted octanol–water partition coefficient (Wildman–Crippen LogP) is -2.14. The van der Waals surface area contributed by atoms with E-state index in [1.807, 2.05) is 0 Å². The van der Waals surface area contributed by atoms with Crippen LogP contribution in [0.25, 0.3) is 0 Å². The highest BCUT2D eigenvalue weighted by molar-refractivity contribution is 5.67. The maximum absolute atomic E-state index is 11.8. The quantitative estimate of drug-likeness (QED) is 0.145. The third-order valence-electron chi connectivity index (χ3n) is 7.46. The molecule has 3 aliphatic rings. The highest BCUT2D eigenvalue weighted by Crippen LogP contribution is 2.42. The van der Waals surface area contributed by atoms with Crippen molar-refractivity contribution in [3.05, 3.63) is 0 Å². The molecule has 2 aliphatic heterocycles. The van der Waals surface area contributed by atoms with Gasteiger partial charge in [0.1, 0.15) is 36.6 Å². The molecule has 2 heterocycles. The number of hydrogen-bond acceptors (Lipinski definition) is 12. The van der Waals surface area contributed by atoms with E-state index in [1.165, 1.54) is 7.05 Å². The largest absolute Gasteiger partial charge is 0.438 e. The first-order valence-corrected chi connectivity index (χ1v) is 12.6. The van der Waals surface area contributed by atoms with Crippen molar-refractivity contribution in [1.29, 1.82) is 0 Å². The van der Waals surface area contributed by atoms with Crippen molar-refractivity contribution in [2.24, 2.45) is 11.8 Å². The van der Waals surface area contributed by atoms with Crippen LogP contribution in [0.5, 0.6) is 0 Å². The van der Waals surface area contributed by atoms with Gasteiger partial charge in [-0.1, -0.05) is 0 Å². The van der Waals surface area contributed by atoms with Crippen molar-refractivity contribution in [3.8, 4) is 0 Å². The molecular weight excluding hydrogens is 482 g/mol. The average molecular weight is 524 g/mol. The Morgan fingerprint density at radius 2 is 1.58 bits per heavy atom. The normalized spacial score (nSPS) is 43.0. The molecule has 210 valence electrons. The maximum Gasteiger partial charge on any atom is 0.407 e. The number of carbonyl (C=O) groups excluding carboxylic acids is 1. The van der Waals surface area contributed by atoms with Gasteiger partial charge >= 0.3 is 6.09 Å². The summed E-state index contributed by atoms with van der Waals surface area (Å²) in [7, 11) is 1.31. The zero-order valence-electron chi connectivity index (χ0n) is 20.7. The van der Waals surface area contributed by atoms with Crippen LogP contribution in [0, 0.1) is 11.8 Å². The van der Waals surface area contributed by atoms with Crippen LogP contribution in [0.4, 0.5) is 4.79 Å². The van der Waals surface area contributed by atoms with Crippen molar-refractivity contribution in [2.45, 2.75) is 93.8 Å². The first-order chi connectivity index (χ1) is 17.2. The number of carbonyl (C=O) groups is 1. The van der Waals surface area contributed by atoms with E-state index in [0.717, 1.165) is 19.3 Å². The van der Waals surface area contributed by atoms with Crippen LogP contribution in [-0.2, 0) is 23.7 Å². The van der Waals surface area contributed by atoms with E-state index in [-0.39, 0.29) is 6.61 Å². The van der Waals surface area contributed by atoms with Gasteiger partial charge in [0.05, 0.1) is 32.0 Å². The third-order valence-corrected chi connectivity index (χ3v) is 7.46. The Morgan fingerprint density at radius 1 is 0.917 bits per heavy atom. The predicted molar refractivity (Wildman–Crippen MR) is 122 cm³/mol. The van der Waals surface area contributed by atoms with Gasteiger partial charge in [-0.3, -0.25) is 0 Å². The van der Waals surface area contributed by atoms with Crippen LogP contribution in [0.15, 0.2) is 0 Å². The van der Waals surface area contributed by atoms with E-state index in [2.05, 4.69) is 5.32 Å². The molecule has 3 unspecified atom stereocenters. The van der Waals surface area contributed by atoms with Gasteiger partial charge in [0.2, 0.25) is 0 Å². The second kappa shape index (κ2) is 13.6. The maximum atomic E-state index is 11.8. The average Bonchev–Trinajstić information content (AvgIpc) is 2.85. The van der Waals surface area contributed by atoms with Gasteiger partial charge in [0, 0.05) is 13.7 Å². The van der Waals surface area contributed by atoms with Crippen LogP contribution >= 0.6 is 0 Å². The lowest BCUT2D eigenvalue weighted by atomic mass is 9.68. The molecule has 3 fully saturated rings. The molecule has 0 aromatic carbocycles. The van der Waals surface area contributed by atoms with Crippen molar-refractivity contribution >= 4 is 6.09 Å². The lowest BCUT2D eigenvalue weighted by Crippen LogP contribution is -2.64. The highest BCUT2D eigenvalue weighted by atomic mass is 16.7. The Morgan fingerprint density at radius 3 is 2.19 bits per heavy atom. The van der Waals surface area contributed by atoms with E-state index in [4.69, 9.17) is 28.8 Å². The minimum atomic E-state index is -1.63. The van der Waals surface area contributed by atoms with Gasteiger partial charge in [0.15, 0.2) is 12.4 Å². The van der Waals surface area contributed by atoms with Crippen molar-refractivity contribution in [1.82, 2.24) is 5.32 Å². The molecule has 13 heteroatoms. The summed E-state index contributed by atoms with van der Waals surface area (Å²) in [5, 5.41) is 62.9. The van der Waals surface area contributed by atoms with Crippen LogP contribution < -0.4 is 5.32 Å². The number of ether oxygens (including phenoxy) is 5. The summed E-state index contributed by atoms with van der Waals surface area (Å²) in [4.78, 5) is 11.8. The fourth-order valence-electron chi connectivity index (χ4n) is 5.17. The van der Waals surface area contributed by atoms with Crippen LogP contribution in [0.1, 0.15) is 32.6 Å². The summed E-state index contributed by atoms with van der Waals surface area (Å²) in [6.45, 7) is 1.88. The number of rotatable bonds is 11. The van der Waals surface area contributed by atoms with Crippen LogP contribution in [0.3, 0.4) is 0 Å². The monoisotopic (exact) mass is 523 g/mol. The number of aliphatic hydroxyl groups is 6. The number of aliphatic hydroxyl groups excluding tert-OH is 6. The second-order valence-electron chi connectivity index (χ2n) is 9.75. The zero-order chi connectivity index (χ0) is 26.4. The topological polar surface area (TPSA) is 197 Å². The Labute approximate surface area is 210 Å². The zero-order valence-corrected chi connectivity index (χ0v) is 20.7. The van der Waals surface area contributed by atoms with Gasteiger partial charge in [-0.2, -0.15) is 0 Å². The lowest BCUT2D eigenvalue weighted by molar-refractivity contribution is -0.339. The summed E-state index contributed by atoms with van der Waals surface area (Å²) < 4.78 is 27.9. The molecule has 0 spiro atoms. The van der Waals surface area contributed by atoms with Crippen molar-refractivity contribution in [3.63, 3.8) is 0 Å². The molecule has 0 aromatic heterocycles. The van der Waals surface area contributed by atoms with Crippen molar-refractivity contribution < 1.29 is 59.1 Å². The molecule has 1 aliphatic carbocycles. The molecular formula is C23H41NO12. The summed E-state index contributed by atoms with van der Waals surface area (Å²) in [6, 6.07) is 0. The summed E-state index contributed by atoms with van der Waals surface area (Å²) in [5.41, 5.74) is 0. The highest BCUT2D eigenvalue weighted by Gasteiger charge is 2.51. The SMILES string of the molecule is CNC(=O)O[C@@H]1[C@@H](O[C@@H]2C(C)O[C@@H](CC3CCC3CCOCCO)[C@@H](O)[C@@H]2O)O[C@H](CO)[C@@H](O)[C@@H]1O. The number of nitrogens with one attached hydrogen (secondary N) is 1. The van der Waals surface area contributed by atoms with Gasteiger partial charge < -0.3 is 59.6 Å². The van der Waals surface area contributed by atoms with Gasteiger partial charge in [-0.25, -0.2) is 4.79 Å². The molecule has 0 aromatic rings. The molecule has 13 nitrogen and oxygen atoms in total. The third kappa shape index (κ3) is 6.84. The molecule has 12 atom stereocenters. The van der Waals surface area contributed by atoms with E-state index in [1.54, 1.807) is 6.92 Å². The molecule has 0 radical (unpaired) electrons. The smallest absolute Gasteiger partial charge is 0.407 e. The number of alkyl carbamates (subject to hydrolysis) is 1. The molecule has 0 bridgehead atoms. The number of hydrogen-bond donors (Lipinski definition) is 7. The minimum Gasteiger partial charge on any atom is -0.438 e. The Hall–Kier alpha value is -1.13. The summed E-state index contributed by atoms with van der Waals surface area (Å²) in [6.07, 6.45) is -9.85. The molecule has 1 saturated carbocycles. The minimum absolute atomic E-state index is 0.0139. The standard InChI is InChI=1S/C23H41NO12/c1-11-20(35-22-21(36-23(31)24-2)19(30)17(28)15(10-26)34-22)18(29)16(27)14(33-11)9-13-4-3-12(13)5-7-32-8-6-25/h11-22,25-30H,3-10H2,1-2H3,(H,24,31)/t11?,12?,13?,14-,15+,16+,17+,18-,19-,20+,21-,22+/m0/s1. The first kappa shape index (κ1) is 29.4. The van der Waals surface area contributed by atoms with Crippen LogP contribution in [0.2, 0.25) is 0 Å². The van der Waals surface area contributed by atoms with Gasteiger partial charge in [-0.15, -0.1) is 0 Å². The summed E-state index contributed by atoms with van der Waals surface area (Å²) in [5.74, 6) is 0.732. The van der Waals surface area contributed by atoms with E-state index in [9.17, 15) is 30.3 Å². The Balaban J connectivity index is 1.61. The molecule has 7 N–H and O–H groups in total. The molecule has 3 rings (SSSR count). The number of amides is 1. The van der Waals surface area contributed by atoms with Crippen LogP contribution in [-0.4, -0.2) is 131 Å². The van der Waals surface area contributed by atoms with Gasteiger partial charge in [0.25, 0.3) is 0 Å². The Bertz CT molecular complexity index is 685. The summed E-state index contributed by atoms with van der Waals surface area (Å²) >= 11 is 0. The molecule has 36 heavy (non-hydrogen) atoms. The fourth-order valence-corrected chi connectivity index (χ4v) is 5.17. The fraction of sp³-hybridized carbons (Fsp3) is 0.957. The van der Waals surface area contributed by atoms with E-state index >= 15 is 0 Å². The lowest BCUT2D eigenvalue weighted by Gasteiger charge is -2.48. The molecule has 1 amide bonds. The molecule has 2 saturated heterocycles. The van der Waals surface area contributed by atoms with E-state index < -0.39 is 73.9 Å². The van der Waals surface area contributed by atoms with E-state index in [0.29, 0.717) is 31.5 Å². The Kier molecular flexibility index (Phi) is 11.1. The van der Waals surface area contributed by atoms with Gasteiger partial charge in [-0.05, 0) is 44.4 Å². The second-order valence-corrected chi connectivity index (χ2v) is 9.75.